The monoisotopic (exact) mass is 277 g/mol. The summed E-state index contributed by atoms with van der Waals surface area (Å²) < 4.78 is 11.0. The van der Waals surface area contributed by atoms with Gasteiger partial charge in [-0.1, -0.05) is 6.08 Å². The van der Waals surface area contributed by atoms with Crippen LogP contribution in [0.3, 0.4) is 0 Å². The maximum atomic E-state index is 5.93. The van der Waals surface area contributed by atoms with Crippen molar-refractivity contribution >= 4 is 0 Å². The topological polar surface area (TPSA) is 47.5 Å². The van der Waals surface area contributed by atoms with Crippen molar-refractivity contribution in [1.82, 2.24) is 14.9 Å². The third-order valence-corrected chi connectivity index (χ3v) is 3.44. The fourth-order valence-electron chi connectivity index (χ4n) is 2.39. The van der Waals surface area contributed by atoms with Crippen LogP contribution in [0.1, 0.15) is 25.7 Å². The zero-order valence-corrected chi connectivity index (χ0v) is 12.1. The van der Waals surface area contributed by atoms with Gasteiger partial charge in [-0.3, -0.25) is 4.90 Å². The van der Waals surface area contributed by atoms with Gasteiger partial charge in [-0.25, -0.2) is 4.98 Å². The molecule has 1 aromatic rings. The van der Waals surface area contributed by atoms with E-state index in [1.807, 2.05) is 6.08 Å². The Kier molecular flexibility index (Phi) is 5.80. The third-order valence-electron chi connectivity index (χ3n) is 3.44. The van der Waals surface area contributed by atoms with Crippen molar-refractivity contribution in [3.63, 3.8) is 0 Å². The lowest BCUT2D eigenvalue weighted by Gasteiger charge is -2.23. The molecule has 0 amide bonds. The highest BCUT2D eigenvalue weighted by Gasteiger charge is 2.19. The second-order valence-corrected chi connectivity index (χ2v) is 5.00. The molecule has 1 atom stereocenters. The normalized spacial score (nSPS) is 16.9. The van der Waals surface area contributed by atoms with Crippen LogP contribution >= 0.6 is 0 Å². The summed E-state index contributed by atoms with van der Waals surface area (Å²) in [5.41, 5.74) is 0. The maximum absolute atomic E-state index is 5.93. The van der Waals surface area contributed by atoms with E-state index in [2.05, 4.69) is 21.4 Å². The third kappa shape index (κ3) is 4.49. The molecular formula is C15H23N3O2. The minimum absolute atomic E-state index is 0.0956. The zero-order chi connectivity index (χ0) is 14.2. The molecule has 2 heterocycles. The van der Waals surface area contributed by atoms with Gasteiger partial charge in [-0.2, -0.15) is 4.98 Å². The maximum Gasteiger partial charge on any atom is 0.319 e. The standard InChI is InChI=1S/C15H23N3O2/c1-3-4-7-13(12-18-10-5-6-11-18)20-15-16-9-8-14(17-15)19-2/h3,8-9,13H,1,4-7,10-12H2,2H3/t13-/m0/s1. The fourth-order valence-corrected chi connectivity index (χ4v) is 2.39. The lowest BCUT2D eigenvalue weighted by molar-refractivity contribution is 0.128. The van der Waals surface area contributed by atoms with Gasteiger partial charge in [-0.05, 0) is 38.8 Å². The van der Waals surface area contributed by atoms with Gasteiger partial charge >= 0.3 is 6.01 Å². The van der Waals surface area contributed by atoms with Gasteiger partial charge in [0.15, 0.2) is 0 Å². The number of likely N-dealkylation sites (tertiary alicyclic amines) is 1. The highest BCUT2D eigenvalue weighted by atomic mass is 16.5. The first-order chi connectivity index (χ1) is 9.81. The molecule has 0 bridgehead atoms. The van der Waals surface area contributed by atoms with Crippen molar-refractivity contribution < 1.29 is 9.47 Å². The smallest absolute Gasteiger partial charge is 0.319 e. The average Bonchev–Trinajstić information content (AvgIpc) is 2.98. The van der Waals surface area contributed by atoms with Gasteiger partial charge in [0, 0.05) is 18.8 Å². The number of nitrogens with zero attached hydrogens (tertiary/aromatic N) is 3. The van der Waals surface area contributed by atoms with Crippen molar-refractivity contribution in [3.8, 4) is 11.9 Å². The number of methoxy groups -OCH3 is 1. The molecule has 1 aliphatic rings. The van der Waals surface area contributed by atoms with Crippen molar-refractivity contribution in [2.45, 2.75) is 31.8 Å². The molecule has 0 saturated carbocycles. The van der Waals surface area contributed by atoms with Crippen LogP contribution in [0.5, 0.6) is 11.9 Å². The molecule has 5 heteroatoms. The number of allylic oxidation sites excluding steroid dienone is 1. The van der Waals surface area contributed by atoms with Gasteiger partial charge < -0.3 is 9.47 Å². The first kappa shape index (κ1) is 14.8. The second-order valence-electron chi connectivity index (χ2n) is 5.00. The van der Waals surface area contributed by atoms with Crippen molar-refractivity contribution in [3.05, 3.63) is 24.9 Å². The largest absolute Gasteiger partial charge is 0.481 e. The number of hydrogen-bond donors (Lipinski definition) is 0. The Morgan fingerprint density at radius 2 is 2.25 bits per heavy atom. The highest BCUT2D eigenvalue weighted by molar-refractivity contribution is 5.11. The molecule has 110 valence electrons. The van der Waals surface area contributed by atoms with Gasteiger partial charge in [0.1, 0.15) is 6.10 Å². The highest BCUT2D eigenvalue weighted by Crippen LogP contribution is 2.16. The Bertz CT molecular complexity index is 419. The zero-order valence-electron chi connectivity index (χ0n) is 12.1. The summed E-state index contributed by atoms with van der Waals surface area (Å²) in [5, 5.41) is 0. The predicted molar refractivity (Wildman–Crippen MR) is 78.1 cm³/mol. The van der Waals surface area contributed by atoms with Gasteiger partial charge in [0.2, 0.25) is 5.88 Å². The number of hydrogen-bond acceptors (Lipinski definition) is 5. The van der Waals surface area contributed by atoms with E-state index < -0.39 is 0 Å². The molecule has 1 saturated heterocycles. The molecule has 20 heavy (non-hydrogen) atoms. The van der Waals surface area contributed by atoms with E-state index in [0.717, 1.165) is 32.5 Å². The first-order valence-electron chi connectivity index (χ1n) is 7.18. The molecule has 0 unspecified atom stereocenters. The molecule has 2 rings (SSSR count). The molecule has 5 nitrogen and oxygen atoms in total. The van der Waals surface area contributed by atoms with E-state index in [-0.39, 0.29) is 6.10 Å². The van der Waals surface area contributed by atoms with Crippen LogP contribution in [0.4, 0.5) is 0 Å². The van der Waals surface area contributed by atoms with Gasteiger partial charge in [0.05, 0.1) is 7.11 Å². The molecule has 0 aliphatic carbocycles. The summed E-state index contributed by atoms with van der Waals surface area (Å²) in [6, 6.07) is 2.10. The molecular weight excluding hydrogens is 254 g/mol. The van der Waals surface area contributed by atoms with E-state index in [1.54, 1.807) is 19.4 Å². The predicted octanol–water partition coefficient (Wildman–Crippen LogP) is 2.29. The fraction of sp³-hybridized carbons (Fsp3) is 0.600. The summed E-state index contributed by atoms with van der Waals surface area (Å²) >= 11 is 0. The minimum atomic E-state index is 0.0956. The number of ether oxygens (including phenoxy) is 2. The van der Waals surface area contributed by atoms with E-state index in [9.17, 15) is 0 Å². The van der Waals surface area contributed by atoms with Crippen molar-refractivity contribution in [1.29, 1.82) is 0 Å². The number of aromatic nitrogens is 2. The summed E-state index contributed by atoms with van der Waals surface area (Å²) in [4.78, 5) is 10.8. The lowest BCUT2D eigenvalue weighted by atomic mass is 10.2. The van der Waals surface area contributed by atoms with Crippen molar-refractivity contribution in [2.24, 2.45) is 0 Å². The van der Waals surface area contributed by atoms with Gasteiger partial charge in [0.25, 0.3) is 0 Å². The molecule has 1 aromatic heterocycles. The van der Waals surface area contributed by atoms with Gasteiger partial charge in [-0.15, -0.1) is 6.58 Å². The van der Waals surface area contributed by atoms with E-state index in [0.29, 0.717) is 11.9 Å². The van der Waals surface area contributed by atoms with E-state index in [1.165, 1.54) is 12.8 Å². The van der Waals surface area contributed by atoms with E-state index >= 15 is 0 Å². The second kappa shape index (κ2) is 7.85. The van der Waals surface area contributed by atoms with Crippen LogP contribution in [-0.4, -0.2) is 47.7 Å². The average molecular weight is 277 g/mol. The van der Waals surface area contributed by atoms with Crippen LogP contribution < -0.4 is 9.47 Å². The minimum Gasteiger partial charge on any atom is -0.481 e. The van der Waals surface area contributed by atoms with Crippen LogP contribution in [0, 0.1) is 0 Å². The molecule has 1 fully saturated rings. The molecule has 1 aliphatic heterocycles. The van der Waals surface area contributed by atoms with Crippen LogP contribution in [0.15, 0.2) is 24.9 Å². The summed E-state index contributed by atoms with van der Waals surface area (Å²) in [6.45, 7) is 7.02. The summed E-state index contributed by atoms with van der Waals surface area (Å²) in [6.07, 6.45) is 8.10. The van der Waals surface area contributed by atoms with Crippen LogP contribution in [0.25, 0.3) is 0 Å². The lowest BCUT2D eigenvalue weighted by Crippen LogP contribution is -2.34. The summed E-state index contributed by atoms with van der Waals surface area (Å²) in [7, 11) is 1.59. The van der Waals surface area contributed by atoms with Crippen LogP contribution in [0.2, 0.25) is 0 Å². The molecule has 0 radical (unpaired) electrons. The quantitative estimate of drug-likeness (QED) is 0.682. The Hall–Kier alpha value is -1.62. The Morgan fingerprint density at radius 3 is 2.95 bits per heavy atom. The molecule has 0 N–H and O–H groups in total. The Morgan fingerprint density at radius 1 is 1.45 bits per heavy atom. The first-order valence-corrected chi connectivity index (χ1v) is 7.18. The molecule has 0 aromatic carbocycles. The summed E-state index contributed by atoms with van der Waals surface area (Å²) in [5.74, 6) is 0.527. The van der Waals surface area contributed by atoms with E-state index in [4.69, 9.17) is 9.47 Å². The number of rotatable bonds is 8. The Balaban J connectivity index is 1.95. The van der Waals surface area contributed by atoms with Crippen LogP contribution in [-0.2, 0) is 0 Å². The molecule has 0 spiro atoms. The van der Waals surface area contributed by atoms with Crippen molar-refractivity contribution in [2.75, 3.05) is 26.7 Å². The Labute approximate surface area is 120 Å². The SMILES string of the molecule is C=CCC[C@@H](CN1CCCC1)Oc1nccc(OC)n1.